The molecule has 0 spiro atoms. The lowest BCUT2D eigenvalue weighted by Gasteiger charge is -2.32. The molecule has 3 nitrogen and oxygen atoms in total. The van der Waals surface area contributed by atoms with Crippen molar-refractivity contribution in [1.82, 2.24) is 5.32 Å². The molecule has 1 aromatic carbocycles. The van der Waals surface area contributed by atoms with Gasteiger partial charge in [0.15, 0.2) is 0 Å². The summed E-state index contributed by atoms with van der Waals surface area (Å²) in [5.74, 6) is 0.593. The molecule has 2 aliphatic rings. The van der Waals surface area contributed by atoms with Crippen molar-refractivity contribution in [2.24, 2.45) is 0 Å². The molecule has 1 heterocycles. The zero-order valence-corrected chi connectivity index (χ0v) is 9.53. The van der Waals surface area contributed by atoms with Crippen molar-refractivity contribution in [1.29, 1.82) is 0 Å². The van der Waals surface area contributed by atoms with Gasteiger partial charge in [-0.05, 0) is 31.0 Å². The predicted octanol–water partition coefficient (Wildman–Crippen LogP) is 1.24. The molecule has 4 heteroatoms. The summed E-state index contributed by atoms with van der Waals surface area (Å²) in [6.45, 7) is 0.758. The first-order chi connectivity index (χ1) is 8.20. The first-order valence-electron chi connectivity index (χ1n) is 6.07. The Labute approximate surface area is 99.6 Å². The van der Waals surface area contributed by atoms with Gasteiger partial charge in [0.2, 0.25) is 0 Å². The third kappa shape index (κ3) is 2.28. The molecular weight excluding hydrogens is 221 g/mol. The van der Waals surface area contributed by atoms with E-state index < -0.39 is 0 Å². The van der Waals surface area contributed by atoms with Crippen LogP contribution in [0.1, 0.15) is 18.4 Å². The number of aliphatic hydroxyl groups excluding tert-OH is 1. The fourth-order valence-corrected chi connectivity index (χ4v) is 2.46. The van der Waals surface area contributed by atoms with E-state index in [0.29, 0.717) is 6.04 Å². The number of hydrogen-bond donors (Lipinski definition) is 2. The predicted molar refractivity (Wildman–Crippen MR) is 61.6 cm³/mol. The zero-order valence-electron chi connectivity index (χ0n) is 9.53. The molecule has 17 heavy (non-hydrogen) atoms. The largest absolute Gasteiger partial charge is 0.488 e. The zero-order chi connectivity index (χ0) is 11.8. The number of halogens is 1. The lowest BCUT2D eigenvalue weighted by atomic mass is 9.89. The van der Waals surface area contributed by atoms with Crippen LogP contribution in [0.2, 0.25) is 0 Å². The van der Waals surface area contributed by atoms with Crippen LogP contribution in [0.25, 0.3) is 0 Å². The number of ether oxygens (including phenoxy) is 1. The van der Waals surface area contributed by atoms with Crippen LogP contribution < -0.4 is 10.1 Å². The second-order valence-electron chi connectivity index (χ2n) is 4.93. The maximum absolute atomic E-state index is 13.0. The lowest BCUT2D eigenvalue weighted by Crippen LogP contribution is -2.47. The highest BCUT2D eigenvalue weighted by Crippen LogP contribution is 2.29. The van der Waals surface area contributed by atoms with Gasteiger partial charge in [-0.2, -0.15) is 0 Å². The van der Waals surface area contributed by atoms with Crippen LogP contribution in [-0.4, -0.2) is 29.9 Å². The van der Waals surface area contributed by atoms with Gasteiger partial charge in [0.1, 0.15) is 17.7 Å². The van der Waals surface area contributed by atoms with Crippen LogP contribution in [0.4, 0.5) is 4.39 Å². The van der Waals surface area contributed by atoms with E-state index >= 15 is 0 Å². The SMILES string of the molecule is OC1CC(NCC2Cc3cc(F)ccc3O2)C1. The Bertz CT molecular complexity index is 418. The number of rotatable bonds is 3. The van der Waals surface area contributed by atoms with Crippen molar-refractivity contribution >= 4 is 0 Å². The van der Waals surface area contributed by atoms with Gasteiger partial charge in [-0.1, -0.05) is 0 Å². The summed E-state index contributed by atoms with van der Waals surface area (Å²) in [4.78, 5) is 0. The Kier molecular flexibility index (Phi) is 2.76. The highest BCUT2D eigenvalue weighted by molar-refractivity contribution is 5.37. The van der Waals surface area contributed by atoms with E-state index in [2.05, 4.69) is 5.32 Å². The van der Waals surface area contributed by atoms with Crippen molar-refractivity contribution in [3.63, 3.8) is 0 Å². The lowest BCUT2D eigenvalue weighted by molar-refractivity contribution is 0.0581. The molecule has 0 radical (unpaired) electrons. The van der Waals surface area contributed by atoms with E-state index in [4.69, 9.17) is 9.84 Å². The molecular formula is C13H16FNO2. The minimum Gasteiger partial charge on any atom is -0.488 e. The molecule has 0 saturated heterocycles. The molecule has 0 bridgehead atoms. The van der Waals surface area contributed by atoms with Crippen molar-refractivity contribution in [2.45, 2.75) is 37.5 Å². The normalized spacial score (nSPS) is 30.6. The molecule has 1 atom stereocenters. The summed E-state index contributed by atoms with van der Waals surface area (Å²) in [5, 5.41) is 12.5. The van der Waals surface area contributed by atoms with Crippen molar-refractivity contribution in [2.75, 3.05) is 6.54 Å². The molecule has 2 N–H and O–H groups in total. The molecule has 92 valence electrons. The Morgan fingerprint density at radius 1 is 1.41 bits per heavy atom. The Morgan fingerprint density at radius 3 is 3.00 bits per heavy atom. The Balaban J connectivity index is 1.52. The summed E-state index contributed by atoms with van der Waals surface area (Å²) in [7, 11) is 0. The molecule has 1 saturated carbocycles. The molecule has 1 aliphatic heterocycles. The van der Waals surface area contributed by atoms with Crippen LogP contribution in [-0.2, 0) is 6.42 Å². The first-order valence-corrected chi connectivity index (χ1v) is 6.07. The maximum atomic E-state index is 13.0. The molecule has 1 unspecified atom stereocenters. The molecule has 3 rings (SSSR count). The van der Waals surface area contributed by atoms with Crippen LogP contribution in [0.15, 0.2) is 18.2 Å². The minimum absolute atomic E-state index is 0.0875. The van der Waals surface area contributed by atoms with Gasteiger partial charge in [-0.3, -0.25) is 0 Å². The van der Waals surface area contributed by atoms with Crippen molar-refractivity contribution in [3.8, 4) is 5.75 Å². The first kappa shape index (κ1) is 11.0. The van der Waals surface area contributed by atoms with Crippen LogP contribution in [0, 0.1) is 5.82 Å². The second kappa shape index (κ2) is 4.27. The van der Waals surface area contributed by atoms with E-state index in [-0.39, 0.29) is 18.0 Å². The average Bonchev–Trinajstić information content (AvgIpc) is 2.64. The van der Waals surface area contributed by atoms with Crippen LogP contribution in [0.3, 0.4) is 0 Å². The summed E-state index contributed by atoms with van der Waals surface area (Å²) in [6, 6.07) is 5.07. The fourth-order valence-electron chi connectivity index (χ4n) is 2.46. The molecule has 0 aromatic heterocycles. The molecule has 1 fully saturated rings. The smallest absolute Gasteiger partial charge is 0.123 e. The Hall–Kier alpha value is -1.13. The second-order valence-corrected chi connectivity index (χ2v) is 4.93. The standard InChI is InChI=1S/C13H16FNO2/c14-9-1-2-13-8(3-9)4-12(17-13)7-15-10-5-11(16)6-10/h1-3,10-12,15-16H,4-7H2. The quantitative estimate of drug-likeness (QED) is 0.831. The summed E-state index contributed by atoms with van der Waals surface area (Å²) >= 11 is 0. The van der Waals surface area contributed by atoms with Gasteiger partial charge in [-0.25, -0.2) is 4.39 Å². The van der Waals surface area contributed by atoms with Gasteiger partial charge < -0.3 is 15.2 Å². The van der Waals surface area contributed by atoms with Gasteiger partial charge >= 0.3 is 0 Å². The van der Waals surface area contributed by atoms with Crippen LogP contribution >= 0.6 is 0 Å². The van der Waals surface area contributed by atoms with E-state index in [1.165, 1.54) is 6.07 Å². The third-order valence-electron chi connectivity index (χ3n) is 3.51. The van der Waals surface area contributed by atoms with Gasteiger partial charge in [0, 0.05) is 24.6 Å². The molecule has 1 aromatic rings. The van der Waals surface area contributed by atoms with E-state index in [1.54, 1.807) is 12.1 Å². The topological polar surface area (TPSA) is 41.5 Å². The van der Waals surface area contributed by atoms with E-state index in [0.717, 1.165) is 37.1 Å². The summed E-state index contributed by atoms with van der Waals surface area (Å²) in [6.07, 6.45) is 2.37. The maximum Gasteiger partial charge on any atom is 0.123 e. The number of nitrogens with one attached hydrogen (secondary N) is 1. The number of fused-ring (bicyclic) bond motifs is 1. The third-order valence-corrected chi connectivity index (χ3v) is 3.51. The highest BCUT2D eigenvalue weighted by Gasteiger charge is 2.29. The van der Waals surface area contributed by atoms with Gasteiger partial charge in [0.05, 0.1) is 6.10 Å². The molecule has 1 aliphatic carbocycles. The number of aliphatic hydroxyl groups is 1. The van der Waals surface area contributed by atoms with Crippen LogP contribution in [0.5, 0.6) is 5.75 Å². The monoisotopic (exact) mass is 237 g/mol. The summed E-state index contributed by atoms with van der Waals surface area (Å²) in [5.41, 5.74) is 0.949. The van der Waals surface area contributed by atoms with Crippen molar-refractivity contribution < 1.29 is 14.2 Å². The van der Waals surface area contributed by atoms with E-state index in [1.807, 2.05) is 0 Å². The van der Waals surface area contributed by atoms with E-state index in [9.17, 15) is 4.39 Å². The van der Waals surface area contributed by atoms with Gasteiger partial charge in [-0.15, -0.1) is 0 Å². The number of benzene rings is 1. The van der Waals surface area contributed by atoms with Crippen molar-refractivity contribution in [3.05, 3.63) is 29.6 Å². The van der Waals surface area contributed by atoms with Gasteiger partial charge in [0.25, 0.3) is 0 Å². The summed E-state index contributed by atoms with van der Waals surface area (Å²) < 4.78 is 18.7. The minimum atomic E-state index is -0.205. The average molecular weight is 237 g/mol. The molecule has 0 amide bonds. The Morgan fingerprint density at radius 2 is 2.24 bits per heavy atom. The number of hydrogen-bond acceptors (Lipinski definition) is 3. The highest BCUT2D eigenvalue weighted by atomic mass is 19.1. The fraction of sp³-hybridized carbons (Fsp3) is 0.538.